The Morgan fingerprint density at radius 1 is 0.314 bits per heavy atom. The van der Waals surface area contributed by atoms with Crippen LogP contribution in [0.25, 0.3) is 110 Å². The van der Waals surface area contributed by atoms with Crippen LogP contribution < -0.4 is 0 Å². The van der Waals surface area contributed by atoms with Gasteiger partial charge in [-0.1, -0.05) is 121 Å². The summed E-state index contributed by atoms with van der Waals surface area (Å²) in [6.07, 6.45) is 0. The number of furan rings is 2. The van der Waals surface area contributed by atoms with Crippen molar-refractivity contribution in [3.05, 3.63) is 170 Å². The monoisotopic (exact) mass is 651 g/mol. The number of benzene rings is 8. The van der Waals surface area contributed by atoms with Gasteiger partial charge in [-0.15, -0.1) is 0 Å². The predicted octanol–water partition coefficient (Wildman–Crippen LogP) is 13.8. The van der Waals surface area contributed by atoms with E-state index < -0.39 is 0 Å². The highest BCUT2D eigenvalue weighted by Gasteiger charge is 2.16. The summed E-state index contributed by atoms with van der Waals surface area (Å²) in [5.41, 5.74) is 15.2. The fraction of sp³-hybridized carbons (Fsp3) is 0. The number of rotatable bonds is 4. The largest absolute Gasteiger partial charge is 0.456 e. The zero-order chi connectivity index (χ0) is 33.5. The molecule has 0 bridgehead atoms. The van der Waals surface area contributed by atoms with E-state index in [-0.39, 0.29) is 0 Å². The number of aromatic nitrogens is 1. The highest BCUT2D eigenvalue weighted by molar-refractivity contribution is 6.14. The molecule has 11 rings (SSSR count). The Balaban J connectivity index is 0.987. The molecule has 0 aliphatic carbocycles. The predicted molar refractivity (Wildman–Crippen MR) is 212 cm³/mol. The lowest BCUT2D eigenvalue weighted by atomic mass is 9.95. The maximum Gasteiger partial charge on any atom is 0.143 e. The molecule has 3 nitrogen and oxygen atoms in total. The SMILES string of the molecule is c1cc(-c2cccc(-c3cccc4c3[nH]c3ccc(-c5cccc6c5oc5ccccc56)cc34)c2)cc(-c2ccc3oc4ccccc4c3c2)c1. The molecule has 0 radical (unpaired) electrons. The first kappa shape index (κ1) is 28.0. The average molecular weight is 652 g/mol. The molecule has 0 atom stereocenters. The van der Waals surface area contributed by atoms with Crippen molar-refractivity contribution in [1.82, 2.24) is 4.98 Å². The highest BCUT2D eigenvalue weighted by atomic mass is 16.3. The Hall–Kier alpha value is -6.84. The number of nitrogens with one attached hydrogen (secondary N) is 1. The van der Waals surface area contributed by atoms with Gasteiger partial charge >= 0.3 is 0 Å². The van der Waals surface area contributed by atoms with Crippen LogP contribution in [-0.4, -0.2) is 4.98 Å². The third kappa shape index (κ3) is 4.38. The normalized spacial score (nSPS) is 11.9. The van der Waals surface area contributed by atoms with Crippen molar-refractivity contribution >= 4 is 65.7 Å². The minimum absolute atomic E-state index is 0.912. The number of hydrogen-bond acceptors (Lipinski definition) is 2. The zero-order valence-corrected chi connectivity index (χ0v) is 27.5. The summed E-state index contributed by atoms with van der Waals surface area (Å²) in [6.45, 7) is 0. The molecule has 0 saturated carbocycles. The number of H-pyrrole nitrogens is 1. The minimum atomic E-state index is 0.912. The van der Waals surface area contributed by atoms with Gasteiger partial charge in [-0.25, -0.2) is 0 Å². The van der Waals surface area contributed by atoms with Crippen LogP contribution in [0.5, 0.6) is 0 Å². The molecule has 0 amide bonds. The molecular formula is C48H29NO2. The van der Waals surface area contributed by atoms with Gasteiger partial charge < -0.3 is 13.8 Å². The molecule has 0 aliphatic heterocycles. The van der Waals surface area contributed by atoms with Gasteiger partial charge in [-0.3, -0.25) is 0 Å². The molecule has 3 aromatic heterocycles. The summed E-state index contributed by atoms with van der Waals surface area (Å²) >= 11 is 0. The van der Waals surface area contributed by atoms with Gasteiger partial charge in [0.25, 0.3) is 0 Å². The van der Waals surface area contributed by atoms with Crippen LogP contribution in [0.4, 0.5) is 0 Å². The van der Waals surface area contributed by atoms with Gasteiger partial charge in [-0.05, 0) is 81.9 Å². The first-order chi connectivity index (χ1) is 25.2. The molecule has 0 unspecified atom stereocenters. The molecule has 0 spiro atoms. The van der Waals surface area contributed by atoms with Crippen molar-refractivity contribution in [2.24, 2.45) is 0 Å². The standard InChI is InChI=1S/C48H29NO2/c1-4-20-45-37(13-1)40-18-8-16-36(48(40)51-45)34-21-23-43-41(28-34)39-17-7-15-35(47(39)49-43)33-12-6-11-31(26-33)29-9-5-10-30(25-29)32-22-24-46-42(27-32)38-14-2-3-19-44(38)50-46/h1-28,49H. The number of aromatic amines is 1. The van der Waals surface area contributed by atoms with Crippen LogP contribution in [0.15, 0.2) is 179 Å². The first-order valence-corrected chi connectivity index (χ1v) is 17.3. The number of para-hydroxylation sites is 4. The summed E-state index contributed by atoms with van der Waals surface area (Å²) < 4.78 is 12.5. The molecule has 11 aromatic rings. The third-order valence-corrected chi connectivity index (χ3v) is 10.4. The maximum atomic E-state index is 6.39. The van der Waals surface area contributed by atoms with Crippen molar-refractivity contribution in [3.63, 3.8) is 0 Å². The van der Waals surface area contributed by atoms with E-state index in [0.717, 1.165) is 66.0 Å². The second-order valence-corrected chi connectivity index (χ2v) is 13.4. The van der Waals surface area contributed by atoms with Gasteiger partial charge in [0.1, 0.15) is 22.3 Å². The van der Waals surface area contributed by atoms with E-state index in [1.54, 1.807) is 0 Å². The number of fused-ring (bicyclic) bond motifs is 9. The summed E-state index contributed by atoms with van der Waals surface area (Å²) in [5.74, 6) is 0. The highest BCUT2D eigenvalue weighted by Crippen LogP contribution is 2.40. The lowest BCUT2D eigenvalue weighted by Crippen LogP contribution is -1.85. The fourth-order valence-corrected chi connectivity index (χ4v) is 7.96. The van der Waals surface area contributed by atoms with Crippen LogP contribution in [-0.2, 0) is 0 Å². The molecule has 3 heteroatoms. The number of hydrogen-bond donors (Lipinski definition) is 1. The molecule has 238 valence electrons. The Labute approximate surface area is 293 Å². The Morgan fingerprint density at radius 2 is 0.843 bits per heavy atom. The van der Waals surface area contributed by atoms with Crippen molar-refractivity contribution in [3.8, 4) is 44.5 Å². The third-order valence-electron chi connectivity index (χ3n) is 10.4. The lowest BCUT2D eigenvalue weighted by molar-refractivity contribution is 0.669. The van der Waals surface area contributed by atoms with E-state index in [4.69, 9.17) is 8.83 Å². The van der Waals surface area contributed by atoms with Crippen LogP contribution in [0.1, 0.15) is 0 Å². The van der Waals surface area contributed by atoms with Gasteiger partial charge in [0.2, 0.25) is 0 Å². The molecule has 8 aromatic carbocycles. The molecule has 51 heavy (non-hydrogen) atoms. The first-order valence-electron chi connectivity index (χ1n) is 17.3. The molecule has 3 heterocycles. The van der Waals surface area contributed by atoms with Gasteiger partial charge in [0.15, 0.2) is 0 Å². The van der Waals surface area contributed by atoms with E-state index in [1.807, 2.05) is 24.3 Å². The van der Waals surface area contributed by atoms with Gasteiger partial charge in [0.05, 0.1) is 5.52 Å². The fourth-order valence-electron chi connectivity index (χ4n) is 7.96. The summed E-state index contributed by atoms with van der Waals surface area (Å²) in [4.78, 5) is 3.77. The molecular weight excluding hydrogens is 623 g/mol. The second kappa shape index (κ2) is 10.8. The van der Waals surface area contributed by atoms with Crippen LogP contribution in [0, 0.1) is 0 Å². The van der Waals surface area contributed by atoms with Crippen LogP contribution in [0.3, 0.4) is 0 Å². The molecule has 0 fully saturated rings. The molecule has 0 aliphatic rings. The van der Waals surface area contributed by atoms with E-state index in [9.17, 15) is 0 Å². The summed E-state index contributed by atoms with van der Waals surface area (Å²) in [7, 11) is 0. The van der Waals surface area contributed by atoms with Crippen molar-refractivity contribution < 1.29 is 8.83 Å². The van der Waals surface area contributed by atoms with E-state index in [1.165, 1.54) is 44.2 Å². The molecule has 1 N–H and O–H groups in total. The molecule has 0 saturated heterocycles. The van der Waals surface area contributed by atoms with E-state index >= 15 is 0 Å². The van der Waals surface area contributed by atoms with E-state index in [0.29, 0.717) is 0 Å². The van der Waals surface area contributed by atoms with Crippen LogP contribution in [0.2, 0.25) is 0 Å². The van der Waals surface area contributed by atoms with Crippen LogP contribution >= 0.6 is 0 Å². The van der Waals surface area contributed by atoms with Crippen molar-refractivity contribution in [1.29, 1.82) is 0 Å². The Bertz CT molecular complexity index is 3150. The zero-order valence-electron chi connectivity index (χ0n) is 27.5. The summed E-state index contributed by atoms with van der Waals surface area (Å²) in [5, 5.41) is 6.97. The van der Waals surface area contributed by atoms with Crippen molar-refractivity contribution in [2.45, 2.75) is 0 Å². The Kier molecular flexibility index (Phi) is 5.96. The Morgan fingerprint density at radius 3 is 1.65 bits per heavy atom. The second-order valence-electron chi connectivity index (χ2n) is 13.4. The van der Waals surface area contributed by atoms with E-state index in [2.05, 4.69) is 151 Å². The minimum Gasteiger partial charge on any atom is -0.456 e. The lowest BCUT2D eigenvalue weighted by Gasteiger charge is -2.09. The van der Waals surface area contributed by atoms with Crippen molar-refractivity contribution in [2.75, 3.05) is 0 Å². The average Bonchev–Trinajstić information content (AvgIpc) is 3.89. The van der Waals surface area contributed by atoms with Gasteiger partial charge in [-0.2, -0.15) is 0 Å². The topological polar surface area (TPSA) is 42.1 Å². The summed E-state index contributed by atoms with van der Waals surface area (Å²) in [6, 6.07) is 60.4. The smallest absolute Gasteiger partial charge is 0.143 e. The maximum absolute atomic E-state index is 6.39. The van der Waals surface area contributed by atoms with Gasteiger partial charge in [0, 0.05) is 49.0 Å². The quantitative estimate of drug-likeness (QED) is 0.206.